The summed E-state index contributed by atoms with van der Waals surface area (Å²) in [6.07, 6.45) is 3.33. The molecule has 4 heteroatoms. The Labute approximate surface area is 124 Å². The predicted octanol–water partition coefficient (Wildman–Crippen LogP) is 5.15. The maximum absolute atomic E-state index is 12.5. The maximum Gasteiger partial charge on any atom is 0.416 e. The van der Waals surface area contributed by atoms with Crippen LogP contribution in [0, 0.1) is 5.92 Å². The van der Waals surface area contributed by atoms with E-state index < -0.39 is 11.7 Å². The van der Waals surface area contributed by atoms with Crippen LogP contribution in [0.5, 0.6) is 0 Å². The Balaban J connectivity index is 1.89. The van der Waals surface area contributed by atoms with E-state index in [0.29, 0.717) is 12.6 Å². The van der Waals surface area contributed by atoms with Gasteiger partial charge in [-0.15, -0.1) is 0 Å². The lowest BCUT2D eigenvalue weighted by molar-refractivity contribution is -0.137. The third kappa shape index (κ3) is 4.73. The topological polar surface area (TPSA) is 12.0 Å². The molecule has 0 spiro atoms. The fraction of sp³-hybridized carbons (Fsp3) is 0.647. The van der Waals surface area contributed by atoms with E-state index in [9.17, 15) is 13.2 Å². The molecule has 0 aliphatic heterocycles. The average Bonchev–Trinajstić information content (AvgIpc) is 2.48. The average molecular weight is 299 g/mol. The summed E-state index contributed by atoms with van der Waals surface area (Å²) in [5.74, 6) is 0.721. The minimum absolute atomic E-state index is 0.479. The Bertz CT molecular complexity index is 419. The highest BCUT2D eigenvalue weighted by Crippen LogP contribution is 2.30. The molecule has 1 nitrogen and oxygen atoms in total. The number of alkyl halides is 3. The molecule has 0 heterocycles. The van der Waals surface area contributed by atoms with E-state index in [4.69, 9.17) is 0 Å². The Morgan fingerprint density at radius 3 is 2.24 bits per heavy atom. The van der Waals surface area contributed by atoms with Crippen molar-refractivity contribution in [3.63, 3.8) is 0 Å². The molecule has 21 heavy (non-hydrogen) atoms. The van der Waals surface area contributed by atoms with E-state index in [2.05, 4.69) is 12.2 Å². The number of hydrogen-bond donors (Lipinski definition) is 1. The van der Waals surface area contributed by atoms with E-state index in [1.54, 1.807) is 12.1 Å². The minimum Gasteiger partial charge on any atom is -0.310 e. The van der Waals surface area contributed by atoms with Crippen LogP contribution in [0.1, 0.15) is 56.6 Å². The van der Waals surface area contributed by atoms with Crippen LogP contribution in [-0.2, 0) is 12.7 Å². The first kappa shape index (κ1) is 16.3. The molecule has 0 saturated heterocycles. The molecule has 1 aliphatic carbocycles. The van der Waals surface area contributed by atoms with Crippen LogP contribution in [-0.4, -0.2) is 6.04 Å². The van der Waals surface area contributed by atoms with E-state index in [0.717, 1.165) is 17.9 Å². The van der Waals surface area contributed by atoms with Crippen molar-refractivity contribution in [2.75, 3.05) is 0 Å². The van der Waals surface area contributed by atoms with Crippen molar-refractivity contribution in [1.29, 1.82) is 0 Å². The molecule has 0 amide bonds. The molecule has 1 atom stereocenters. The van der Waals surface area contributed by atoms with Crippen molar-refractivity contribution in [2.24, 2.45) is 5.92 Å². The highest BCUT2D eigenvalue weighted by atomic mass is 19.4. The number of nitrogens with one attached hydrogen (secondary N) is 1. The van der Waals surface area contributed by atoms with Crippen LogP contribution in [0.25, 0.3) is 0 Å². The van der Waals surface area contributed by atoms with E-state index >= 15 is 0 Å². The number of rotatable bonds is 5. The van der Waals surface area contributed by atoms with Crippen LogP contribution in [0.3, 0.4) is 0 Å². The Kier molecular flexibility index (Phi) is 5.68. The van der Waals surface area contributed by atoms with Gasteiger partial charge in [-0.25, -0.2) is 0 Å². The number of hydrogen-bond acceptors (Lipinski definition) is 1. The zero-order valence-corrected chi connectivity index (χ0v) is 12.5. The summed E-state index contributed by atoms with van der Waals surface area (Å²) in [4.78, 5) is 0. The molecule has 0 radical (unpaired) electrons. The minimum atomic E-state index is -4.25. The van der Waals surface area contributed by atoms with Gasteiger partial charge in [0.1, 0.15) is 0 Å². The first-order chi connectivity index (χ1) is 10.0. The molecule has 1 aliphatic rings. The van der Waals surface area contributed by atoms with Crippen molar-refractivity contribution in [1.82, 2.24) is 5.32 Å². The molecule has 1 aromatic rings. The zero-order chi connectivity index (χ0) is 15.3. The normalized spacial score (nSPS) is 18.7. The lowest BCUT2D eigenvalue weighted by Gasteiger charge is -2.30. The Hall–Kier alpha value is -1.03. The molecule has 1 N–H and O–H groups in total. The van der Waals surface area contributed by atoms with E-state index in [1.165, 1.54) is 44.2 Å². The van der Waals surface area contributed by atoms with E-state index in [-0.39, 0.29) is 0 Å². The van der Waals surface area contributed by atoms with Crippen molar-refractivity contribution >= 4 is 0 Å². The van der Waals surface area contributed by atoms with E-state index in [1.807, 2.05) is 0 Å². The zero-order valence-electron chi connectivity index (χ0n) is 12.5. The highest BCUT2D eigenvalue weighted by molar-refractivity contribution is 5.24. The van der Waals surface area contributed by atoms with Crippen LogP contribution < -0.4 is 5.32 Å². The Morgan fingerprint density at radius 2 is 1.71 bits per heavy atom. The number of benzene rings is 1. The number of halogens is 3. The monoisotopic (exact) mass is 299 g/mol. The molecule has 1 aromatic carbocycles. The van der Waals surface area contributed by atoms with Gasteiger partial charge in [0.15, 0.2) is 0 Å². The summed E-state index contributed by atoms with van der Waals surface area (Å²) in [6, 6.07) is 5.96. The van der Waals surface area contributed by atoms with Gasteiger partial charge in [0, 0.05) is 12.6 Å². The van der Waals surface area contributed by atoms with Gasteiger partial charge >= 0.3 is 6.18 Å². The quantitative estimate of drug-likeness (QED) is 0.792. The van der Waals surface area contributed by atoms with Gasteiger partial charge in [-0.3, -0.25) is 0 Å². The second kappa shape index (κ2) is 7.30. The first-order valence-corrected chi connectivity index (χ1v) is 7.90. The highest BCUT2D eigenvalue weighted by Gasteiger charge is 2.30. The van der Waals surface area contributed by atoms with Gasteiger partial charge in [-0.1, -0.05) is 38.3 Å². The van der Waals surface area contributed by atoms with Gasteiger partial charge in [-0.05, 0) is 42.9 Å². The Morgan fingerprint density at radius 1 is 1.10 bits per heavy atom. The van der Waals surface area contributed by atoms with Crippen molar-refractivity contribution in [3.8, 4) is 0 Å². The van der Waals surface area contributed by atoms with Crippen molar-refractivity contribution in [3.05, 3.63) is 35.4 Å². The maximum atomic E-state index is 12.5. The van der Waals surface area contributed by atoms with Gasteiger partial charge < -0.3 is 5.32 Å². The SMILES string of the molecule is CCC(NCc1ccc(C(F)(F)F)cc1)C1CCCCC1. The third-order valence-electron chi connectivity index (χ3n) is 4.51. The smallest absolute Gasteiger partial charge is 0.310 e. The fourth-order valence-corrected chi connectivity index (χ4v) is 3.24. The molecular formula is C17H24F3N. The molecule has 0 aromatic heterocycles. The third-order valence-corrected chi connectivity index (χ3v) is 4.51. The van der Waals surface area contributed by atoms with Crippen LogP contribution >= 0.6 is 0 Å². The van der Waals surface area contributed by atoms with Crippen LogP contribution in [0.4, 0.5) is 13.2 Å². The largest absolute Gasteiger partial charge is 0.416 e. The summed E-state index contributed by atoms with van der Waals surface area (Å²) in [7, 11) is 0. The second-order valence-corrected chi connectivity index (χ2v) is 5.99. The molecule has 2 rings (SSSR count). The fourth-order valence-electron chi connectivity index (χ4n) is 3.24. The van der Waals surface area contributed by atoms with Gasteiger partial charge in [-0.2, -0.15) is 13.2 Å². The summed E-state index contributed by atoms with van der Waals surface area (Å²) >= 11 is 0. The van der Waals surface area contributed by atoms with Crippen molar-refractivity contribution < 1.29 is 13.2 Å². The van der Waals surface area contributed by atoms with Crippen LogP contribution in [0.2, 0.25) is 0 Å². The van der Waals surface area contributed by atoms with Gasteiger partial charge in [0.2, 0.25) is 0 Å². The predicted molar refractivity (Wildman–Crippen MR) is 78.9 cm³/mol. The van der Waals surface area contributed by atoms with Gasteiger partial charge in [0.05, 0.1) is 5.56 Å². The van der Waals surface area contributed by atoms with Crippen LogP contribution in [0.15, 0.2) is 24.3 Å². The molecule has 118 valence electrons. The first-order valence-electron chi connectivity index (χ1n) is 7.90. The molecular weight excluding hydrogens is 275 g/mol. The second-order valence-electron chi connectivity index (χ2n) is 5.99. The lowest BCUT2D eigenvalue weighted by Crippen LogP contribution is -2.36. The van der Waals surface area contributed by atoms with Crippen molar-refractivity contribution in [2.45, 2.75) is 64.2 Å². The molecule has 0 bridgehead atoms. The summed E-state index contributed by atoms with van der Waals surface area (Å²) in [5.41, 5.74) is 0.336. The standard InChI is InChI=1S/C17H24F3N/c1-2-16(14-6-4-3-5-7-14)21-12-13-8-10-15(11-9-13)17(18,19)20/h8-11,14,16,21H,2-7,12H2,1H3. The summed E-state index contributed by atoms with van der Waals surface area (Å²) in [5, 5.41) is 3.53. The molecule has 1 fully saturated rings. The van der Waals surface area contributed by atoms with Gasteiger partial charge in [0.25, 0.3) is 0 Å². The molecule has 1 unspecified atom stereocenters. The summed E-state index contributed by atoms with van der Waals surface area (Å²) < 4.78 is 37.5. The summed E-state index contributed by atoms with van der Waals surface area (Å²) in [6.45, 7) is 2.83. The lowest BCUT2D eigenvalue weighted by atomic mass is 9.83. The molecule has 1 saturated carbocycles.